The van der Waals surface area contributed by atoms with Gasteiger partial charge in [-0.3, -0.25) is 0 Å². The molecule has 0 radical (unpaired) electrons. The minimum Gasteiger partial charge on any atom is -0.493 e. The molecule has 1 atom stereocenters. The summed E-state index contributed by atoms with van der Waals surface area (Å²) in [5.41, 5.74) is 3.18. The van der Waals surface area contributed by atoms with E-state index in [0.717, 1.165) is 63.4 Å². The molecule has 2 aromatic rings. The van der Waals surface area contributed by atoms with Gasteiger partial charge in [0.1, 0.15) is 28.6 Å². The van der Waals surface area contributed by atoms with Gasteiger partial charge in [-0.1, -0.05) is 12.1 Å². The van der Waals surface area contributed by atoms with E-state index in [-0.39, 0.29) is 11.5 Å². The third kappa shape index (κ3) is 9.67. The van der Waals surface area contributed by atoms with E-state index in [2.05, 4.69) is 98.6 Å². The Kier molecular flexibility index (Phi) is 10.5. The smallest absolute Gasteiger partial charge is 0.133 e. The molecule has 2 aliphatic rings. The monoisotopic (exact) mass is 580 g/mol. The van der Waals surface area contributed by atoms with Gasteiger partial charge in [0.15, 0.2) is 0 Å². The summed E-state index contributed by atoms with van der Waals surface area (Å²) < 4.78 is 27.3. The molecule has 0 N–H and O–H groups in total. The van der Waals surface area contributed by atoms with Gasteiger partial charge in [-0.05, 0) is 88.6 Å². The van der Waals surface area contributed by atoms with Gasteiger partial charge in [0.2, 0.25) is 0 Å². The van der Waals surface area contributed by atoms with Crippen LogP contribution in [0.4, 0.5) is 0 Å². The van der Waals surface area contributed by atoms with Crippen LogP contribution in [0.15, 0.2) is 36.4 Å². The normalized spacial score (nSPS) is 17.6. The molecular weight excluding hydrogens is 524 g/mol. The van der Waals surface area contributed by atoms with Crippen LogP contribution >= 0.6 is 0 Å². The highest BCUT2D eigenvalue weighted by atomic mass is 16.5. The summed E-state index contributed by atoms with van der Waals surface area (Å²) in [6.07, 6.45) is 12.1. The van der Waals surface area contributed by atoms with Gasteiger partial charge in [0.05, 0.1) is 80.8 Å². The number of quaternary nitrogens is 2. The van der Waals surface area contributed by atoms with E-state index >= 15 is 0 Å². The Balaban J connectivity index is 1.42. The maximum atomic E-state index is 6.47. The van der Waals surface area contributed by atoms with Crippen LogP contribution in [0.1, 0.15) is 75.0 Å². The van der Waals surface area contributed by atoms with Gasteiger partial charge < -0.3 is 27.9 Å². The Morgan fingerprint density at radius 2 is 1.48 bits per heavy atom. The summed E-state index contributed by atoms with van der Waals surface area (Å²) in [6.45, 7) is 8.60. The highest BCUT2D eigenvalue weighted by Crippen LogP contribution is 2.44. The number of hydrogen-bond acceptors (Lipinski definition) is 4. The Labute approximate surface area is 255 Å². The zero-order valence-electron chi connectivity index (χ0n) is 27.6. The predicted molar refractivity (Wildman–Crippen MR) is 173 cm³/mol. The minimum absolute atomic E-state index is 0.221. The maximum absolute atomic E-state index is 6.47. The summed E-state index contributed by atoms with van der Waals surface area (Å²) >= 11 is 0. The van der Waals surface area contributed by atoms with Crippen LogP contribution in [-0.4, -0.2) is 89.8 Å². The molecule has 2 heterocycles. The molecule has 0 fully saturated rings. The van der Waals surface area contributed by atoms with Crippen molar-refractivity contribution in [2.75, 3.05) is 75.2 Å². The first-order valence-corrected chi connectivity index (χ1v) is 16.0. The largest absolute Gasteiger partial charge is 0.493 e. The molecule has 0 saturated heterocycles. The fraction of sp³-hybridized carbons (Fsp3) is 0.611. The summed E-state index contributed by atoms with van der Waals surface area (Å²) in [6, 6.07) is 10.7. The lowest BCUT2D eigenvalue weighted by atomic mass is 9.88. The SMILES string of the molecule is CC1(C)C=Cc2c(ccc3c2OCC(c2ccc(OCCCCC[N+](C)(C)C)cc2OCCCCC[N+](C)(C)C)C3)O1. The van der Waals surface area contributed by atoms with Crippen LogP contribution in [0.3, 0.4) is 0 Å². The molecule has 1 unspecified atom stereocenters. The molecule has 0 amide bonds. The molecule has 6 nitrogen and oxygen atoms in total. The third-order valence-electron chi connectivity index (χ3n) is 8.05. The molecule has 0 spiro atoms. The number of rotatable bonds is 15. The molecule has 232 valence electrons. The summed E-state index contributed by atoms with van der Waals surface area (Å²) in [7, 11) is 13.5. The molecule has 2 aliphatic heterocycles. The number of fused-ring (bicyclic) bond motifs is 3. The van der Waals surface area contributed by atoms with Crippen molar-refractivity contribution in [3.8, 4) is 23.0 Å². The van der Waals surface area contributed by atoms with Gasteiger partial charge in [-0.2, -0.15) is 0 Å². The third-order valence-corrected chi connectivity index (χ3v) is 8.05. The second kappa shape index (κ2) is 13.7. The van der Waals surface area contributed by atoms with E-state index in [1.807, 2.05) is 0 Å². The van der Waals surface area contributed by atoms with Crippen molar-refractivity contribution in [3.05, 3.63) is 53.1 Å². The van der Waals surface area contributed by atoms with Crippen molar-refractivity contribution in [3.63, 3.8) is 0 Å². The van der Waals surface area contributed by atoms with Gasteiger partial charge >= 0.3 is 0 Å². The zero-order valence-corrected chi connectivity index (χ0v) is 27.6. The van der Waals surface area contributed by atoms with Crippen molar-refractivity contribution >= 4 is 6.08 Å². The van der Waals surface area contributed by atoms with Crippen LogP contribution in [0.5, 0.6) is 23.0 Å². The summed E-state index contributed by atoms with van der Waals surface area (Å²) in [5, 5.41) is 0. The fourth-order valence-electron chi connectivity index (χ4n) is 5.68. The Morgan fingerprint density at radius 1 is 0.810 bits per heavy atom. The number of benzene rings is 2. The van der Waals surface area contributed by atoms with E-state index in [4.69, 9.17) is 18.9 Å². The van der Waals surface area contributed by atoms with Gasteiger partial charge in [-0.15, -0.1) is 0 Å². The van der Waals surface area contributed by atoms with Crippen molar-refractivity contribution < 1.29 is 27.9 Å². The number of ether oxygens (including phenoxy) is 4. The van der Waals surface area contributed by atoms with Crippen molar-refractivity contribution in [2.24, 2.45) is 0 Å². The van der Waals surface area contributed by atoms with E-state index in [1.54, 1.807) is 0 Å². The average Bonchev–Trinajstić information content (AvgIpc) is 2.90. The second-order valence-electron chi connectivity index (χ2n) is 14.8. The lowest BCUT2D eigenvalue weighted by Crippen LogP contribution is -2.35. The number of unbranched alkanes of at least 4 members (excludes halogenated alkanes) is 4. The molecule has 0 saturated carbocycles. The van der Waals surface area contributed by atoms with Crippen LogP contribution in [0.2, 0.25) is 0 Å². The molecule has 2 aromatic carbocycles. The topological polar surface area (TPSA) is 36.9 Å². The molecule has 4 rings (SSSR count). The first-order valence-electron chi connectivity index (χ1n) is 16.0. The van der Waals surface area contributed by atoms with Crippen LogP contribution in [0.25, 0.3) is 6.08 Å². The summed E-state index contributed by atoms with van der Waals surface area (Å²) in [5.74, 6) is 3.90. The number of hydrogen-bond donors (Lipinski definition) is 0. The fourth-order valence-corrected chi connectivity index (χ4v) is 5.68. The van der Waals surface area contributed by atoms with Gasteiger partial charge in [-0.25, -0.2) is 0 Å². The second-order valence-corrected chi connectivity index (χ2v) is 14.8. The van der Waals surface area contributed by atoms with Crippen molar-refractivity contribution in [1.82, 2.24) is 0 Å². The number of nitrogens with zero attached hydrogens (tertiary/aromatic N) is 2. The van der Waals surface area contributed by atoms with Crippen LogP contribution < -0.4 is 18.9 Å². The average molecular weight is 581 g/mol. The maximum Gasteiger partial charge on any atom is 0.133 e. The quantitative estimate of drug-likeness (QED) is 0.166. The van der Waals surface area contributed by atoms with Gasteiger partial charge in [0.25, 0.3) is 0 Å². The predicted octanol–water partition coefficient (Wildman–Crippen LogP) is 7.10. The molecule has 0 bridgehead atoms. The van der Waals surface area contributed by atoms with E-state index in [9.17, 15) is 0 Å². The first kappa shape index (κ1) is 32.2. The lowest BCUT2D eigenvalue weighted by Gasteiger charge is -2.32. The highest BCUT2D eigenvalue weighted by molar-refractivity contribution is 5.69. The van der Waals surface area contributed by atoms with E-state index in [0.29, 0.717) is 13.2 Å². The molecule has 42 heavy (non-hydrogen) atoms. The first-order chi connectivity index (χ1) is 19.8. The lowest BCUT2D eigenvalue weighted by molar-refractivity contribution is -0.870. The Bertz CT molecular complexity index is 1210. The standard InChI is InChI=1S/C36H56N2O4/c1-36(2)20-19-32-33(42-36)18-15-28-25-29(27-41-35(28)32)31-17-16-30(39-23-13-9-11-21-37(3,4)5)26-34(31)40-24-14-10-12-22-38(6,7)8/h15-20,26,29H,9-14,21-25,27H2,1-8H3/q+2. The Hall–Kier alpha value is -2.70. The van der Waals surface area contributed by atoms with Crippen LogP contribution in [-0.2, 0) is 6.42 Å². The van der Waals surface area contributed by atoms with Crippen LogP contribution in [0, 0.1) is 0 Å². The molecule has 6 heteroatoms. The molecular formula is C36H56N2O4+2. The van der Waals surface area contributed by atoms with Crippen molar-refractivity contribution in [1.29, 1.82) is 0 Å². The minimum atomic E-state index is -0.300. The Morgan fingerprint density at radius 3 is 2.14 bits per heavy atom. The van der Waals surface area contributed by atoms with Crippen molar-refractivity contribution in [2.45, 2.75) is 70.3 Å². The van der Waals surface area contributed by atoms with E-state index in [1.165, 1.54) is 49.9 Å². The molecule has 0 aromatic heterocycles. The molecule has 0 aliphatic carbocycles. The van der Waals surface area contributed by atoms with Gasteiger partial charge in [0, 0.05) is 17.5 Å². The summed E-state index contributed by atoms with van der Waals surface area (Å²) in [4.78, 5) is 0. The van der Waals surface area contributed by atoms with E-state index < -0.39 is 0 Å². The zero-order chi connectivity index (χ0) is 30.4. The highest BCUT2D eigenvalue weighted by Gasteiger charge is 2.30.